The number of nitrogens with one attached hydrogen (secondary N) is 2. The van der Waals surface area contributed by atoms with Crippen LogP contribution in [0.15, 0.2) is 47.1 Å². The average molecular weight is 326 g/mol. The average Bonchev–Trinajstić information content (AvgIpc) is 3.03. The van der Waals surface area contributed by atoms with Crippen LogP contribution in [0.5, 0.6) is 0 Å². The lowest BCUT2D eigenvalue weighted by Gasteiger charge is -2.16. The second-order valence-electron chi connectivity index (χ2n) is 5.05. The van der Waals surface area contributed by atoms with Crippen molar-refractivity contribution in [3.63, 3.8) is 0 Å². The number of carbonyl (C=O) groups excluding carboxylic acids is 1. The summed E-state index contributed by atoms with van der Waals surface area (Å²) in [5, 5.41) is 5.45. The topological polar surface area (TPSA) is 54.3 Å². The van der Waals surface area contributed by atoms with Crippen LogP contribution < -0.4 is 10.6 Å². The first-order valence-electron chi connectivity index (χ1n) is 7.06. The van der Waals surface area contributed by atoms with Gasteiger partial charge in [0.2, 0.25) is 5.91 Å². The highest BCUT2D eigenvalue weighted by atomic mass is 19.4. The Morgan fingerprint density at radius 2 is 1.91 bits per heavy atom. The molecule has 0 bridgehead atoms. The third-order valence-corrected chi connectivity index (χ3v) is 3.33. The molecule has 1 aromatic heterocycles. The first kappa shape index (κ1) is 17.1. The summed E-state index contributed by atoms with van der Waals surface area (Å²) in [6, 6.07) is 8.09. The van der Waals surface area contributed by atoms with E-state index in [9.17, 15) is 18.0 Å². The first-order chi connectivity index (χ1) is 10.9. The van der Waals surface area contributed by atoms with Crippen LogP contribution in [-0.4, -0.2) is 11.9 Å². The Balaban J connectivity index is 1.89. The van der Waals surface area contributed by atoms with Gasteiger partial charge < -0.3 is 15.1 Å². The maximum Gasteiger partial charge on any atom is 0.416 e. The van der Waals surface area contributed by atoms with Crippen molar-refractivity contribution in [2.75, 3.05) is 0 Å². The third kappa shape index (κ3) is 4.85. The van der Waals surface area contributed by atoms with E-state index in [4.69, 9.17) is 4.42 Å². The van der Waals surface area contributed by atoms with Gasteiger partial charge in [-0.2, -0.15) is 13.2 Å². The van der Waals surface area contributed by atoms with Crippen molar-refractivity contribution in [3.8, 4) is 0 Å². The smallest absolute Gasteiger partial charge is 0.416 e. The second kappa shape index (κ2) is 7.32. The lowest BCUT2D eigenvalue weighted by molar-refractivity contribution is -0.138. The van der Waals surface area contributed by atoms with Crippen molar-refractivity contribution >= 4 is 5.91 Å². The predicted molar refractivity (Wildman–Crippen MR) is 78.3 cm³/mol. The Bertz CT molecular complexity index is 639. The largest absolute Gasteiger partial charge is 0.467 e. The zero-order valence-corrected chi connectivity index (χ0v) is 12.5. The van der Waals surface area contributed by atoms with Gasteiger partial charge in [0.05, 0.1) is 24.4 Å². The highest BCUT2D eigenvalue weighted by molar-refractivity contribution is 5.81. The molecule has 0 aliphatic heterocycles. The van der Waals surface area contributed by atoms with Gasteiger partial charge in [-0.15, -0.1) is 0 Å². The summed E-state index contributed by atoms with van der Waals surface area (Å²) in [5.74, 6) is 0.291. The molecule has 0 fully saturated rings. The number of rotatable bonds is 6. The van der Waals surface area contributed by atoms with E-state index in [0.717, 1.165) is 6.07 Å². The van der Waals surface area contributed by atoms with Gasteiger partial charge in [0, 0.05) is 6.54 Å². The van der Waals surface area contributed by atoms with E-state index in [2.05, 4.69) is 10.6 Å². The third-order valence-electron chi connectivity index (χ3n) is 3.33. The molecule has 1 heterocycles. The first-order valence-corrected chi connectivity index (χ1v) is 7.06. The molecule has 1 atom stereocenters. The number of amides is 1. The van der Waals surface area contributed by atoms with Crippen LogP contribution in [0.25, 0.3) is 0 Å². The molecule has 0 radical (unpaired) electrons. The minimum Gasteiger partial charge on any atom is -0.467 e. The molecule has 0 saturated carbocycles. The summed E-state index contributed by atoms with van der Waals surface area (Å²) in [6.07, 6.45) is -2.92. The predicted octanol–water partition coefficient (Wildman–Crippen LogP) is 3.09. The van der Waals surface area contributed by atoms with Gasteiger partial charge in [-0.05, 0) is 30.7 Å². The van der Waals surface area contributed by atoms with Crippen LogP contribution in [0.3, 0.4) is 0 Å². The van der Waals surface area contributed by atoms with E-state index in [0.29, 0.717) is 5.76 Å². The number of hydrogen-bond donors (Lipinski definition) is 2. The number of benzene rings is 1. The Morgan fingerprint density at radius 3 is 2.57 bits per heavy atom. The number of furan rings is 1. The van der Waals surface area contributed by atoms with Crippen LogP contribution in [0, 0.1) is 0 Å². The van der Waals surface area contributed by atoms with Gasteiger partial charge >= 0.3 is 6.18 Å². The van der Waals surface area contributed by atoms with Crippen LogP contribution in [0.4, 0.5) is 13.2 Å². The van der Waals surface area contributed by atoms with Crippen molar-refractivity contribution in [1.29, 1.82) is 0 Å². The van der Waals surface area contributed by atoms with Crippen LogP contribution >= 0.6 is 0 Å². The van der Waals surface area contributed by atoms with Gasteiger partial charge in [-0.25, -0.2) is 0 Å². The monoisotopic (exact) mass is 326 g/mol. The summed E-state index contributed by atoms with van der Waals surface area (Å²) in [5.41, 5.74) is -0.596. The molecule has 2 aromatic rings. The van der Waals surface area contributed by atoms with Crippen LogP contribution in [-0.2, 0) is 24.1 Å². The van der Waals surface area contributed by atoms with Gasteiger partial charge in [0.15, 0.2) is 0 Å². The van der Waals surface area contributed by atoms with E-state index in [1.807, 2.05) is 0 Å². The van der Waals surface area contributed by atoms with Crippen molar-refractivity contribution in [2.24, 2.45) is 0 Å². The molecule has 0 aliphatic carbocycles. The number of carbonyl (C=O) groups is 1. The van der Waals surface area contributed by atoms with Crippen molar-refractivity contribution in [1.82, 2.24) is 10.6 Å². The molecule has 1 aromatic carbocycles. The molecule has 0 spiro atoms. The van der Waals surface area contributed by atoms with Gasteiger partial charge in [-0.3, -0.25) is 4.79 Å². The fourth-order valence-corrected chi connectivity index (χ4v) is 2.05. The van der Waals surface area contributed by atoms with E-state index >= 15 is 0 Å². The maximum absolute atomic E-state index is 12.9. The lowest BCUT2D eigenvalue weighted by Crippen LogP contribution is -2.41. The molecule has 23 heavy (non-hydrogen) atoms. The zero-order valence-electron chi connectivity index (χ0n) is 12.5. The summed E-state index contributed by atoms with van der Waals surface area (Å²) in [7, 11) is 0. The molecule has 124 valence electrons. The second-order valence-corrected chi connectivity index (χ2v) is 5.05. The molecule has 1 amide bonds. The van der Waals surface area contributed by atoms with Crippen molar-refractivity contribution in [2.45, 2.75) is 32.2 Å². The van der Waals surface area contributed by atoms with E-state index in [-0.39, 0.29) is 24.6 Å². The van der Waals surface area contributed by atoms with Gasteiger partial charge in [0.25, 0.3) is 0 Å². The molecule has 4 nitrogen and oxygen atoms in total. The highest BCUT2D eigenvalue weighted by Gasteiger charge is 2.32. The number of alkyl halides is 3. The van der Waals surface area contributed by atoms with Crippen molar-refractivity contribution in [3.05, 3.63) is 59.5 Å². The van der Waals surface area contributed by atoms with Crippen LogP contribution in [0.2, 0.25) is 0 Å². The Kier molecular flexibility index (Phi) is 5.44. The molecule has 0 aliphatic rings. The fourth-order valence-electron chi connectivity index (χ4n) is 2.05. The molecular weight excluding hydrogens is 309 g/mol. The molecule has 1 unspecified atom stereocenters. The number of halogens is 3. The summed E-state index contributed by atoms with van der Waals surface area (Å²) in [4.78, 5) is 11.9. The molecule has 2 rings (SSSR count). The standard InChI is InChI=1S/C16H17F3N2O2/c1-11(15(22)21-10-13-6-4-8-23-13)20-9-12-5-2-3-7-14(12)16(17,18)19/h2-8,11,20H,9-10H2,1H3,(H,21,22). The lowest BCUT2D eigenvalue weighted by atomic mass is 10.1. The minimum absolute atomic E-state index is 0.0506. The Labute approximate surface area is 131 Å². The van der Waals surface area contributed by atoms with Crippen molar-refractivity contribution < 1.29 is 22.4 Å². The van der Waals surface area contributed by atoms with Gasteiger partial charge in [0.1, 0.15) is 5.76 Å². The maximum atomic E-state index is 12.9. The summed E-state index contributed by atoms with van der Waals surface area (Å²) >= 11 is 0. The van der Waals surface area contributed by atoms with E-state index in [1.165, 1.54) is 24.5 Å². The molecular formula is C16H17F3N2O2. The van der Waals surface area contributed by atoms with Crippen LogP contribution in [0.1, 0.15) is 23.8 Å². The highest BCUT2D eigenvalue weighted by Crippen LogP contribution is 2.31. The normalized spacial score (nSPS) is 12.9. The molecule has 0 saturated heterocycles. The Hall–Kier alpha value is -2.28. The molecule has 2 N–H and O–H groups in total. The number of hydrogen-bond acceptors (Lipinski definition) is 3. The summed E-state index contributed by atoms with van der Waals surface area (Å²) < 4.78 is 43.8. The van der Waals surface area contributed by atoms with E-state index in [1.54, 1.807) is 19.1 Å². The fraction of sp³-hybridized carbons (Fsp3) is 0.312. The van der Waals surface area contributed by atoms with Gasteiger partial charge in [-0.1, -0.05) is 18.2 Å². The van der Waals surface area contributed by atoms with E-state index < -0.39 is 17.8 Å². The quantitative estimate of drug-likeness (QED) is 0.858. The zero-order chi connectivity index (χ0) is 16.9. The molecule has 7 heteroatoms. The minimum atomic E-state index is -4.41. The Morgan fingerprint density at radius 1 is 1.17 bits per heavy atom. The SMILES string of the molecule is CC(NCc1ccccc1C(F)(F)F)C(=O)NCc1ccco1. The summed E-state index contributed by atoms with van der Waals surface area (Å²) in [6.45, 7) is 1.77.